The van der Waals surface area contributed by atoms with Crippen molar-refractivity contribution in [3.8, 4) is 0 Å². The molecule has 1 aromatic rings. The van der Waals surface area contributed by atoms with Crippen molar-refractivity contribution in [3.63, 3.8) is 0 Å². The summed E-state index contributed by atoms with van der Waals surface area (Å²) in [6.07, 6.45) is 0. The van der Waals surface area contributed by atoms with Crippen molar-refractivity contribution in [3.05, 3.63) is 10.6 Å². The summed E-state index contributed by atoms with van der Waals surface area (Å²) in [6.45, 7) is 5.55. The normalized spacial score (nSPS) is 10.5. The molecule has 11 heavy (non-hydrogen) atoms. The molecule has 0 spiro atoms. The minimum atomic E-state index is 0.0590. The van der Waals surface area contributed by atoms with Gasteiger partial charge in [0.1, 0.15) is 4.88 Å². The molecule has 0 N–H and O–H groups in total. The zero-order valence-corrected chi connectivity index (χ0v) is 7.60. The van der Waals surface area contributed by atoms with Crippen molar-refractivity contribution in [2.75, 3.05) is 0 Å². The summed E-state index contributed by atoms with van der Waals surface area (Å²) in [6, 6.07) is 0. The molecule has 1 heterocycles. The molecule has 0 bridgehead atoms. The summed E-state index contributed by atoms with van der Waals surface area (Å²) in [4.78, 5) is 11.7. The van der Waals surface area contributed by atoms with E-state index >= 15 is 0 Å². The zero-order valence-electron chi connectivity index (χ0n) is 6.79. The molecule has 0 atom stereocenters. The molecule has 0 amide bonds. The summed E-state index contributed by atoms with van der Waals surface area (Å²) < 4.78 is 3.74. The van der Waals surface area contributed by atoms with Crippen LogP contribution in [0.5, 0.6) is 0 Å². The van der Waals surface area contributed by atoms with Gasteiger partial charge in [-0.25, -0.2) is 0 Å². The number of hydrogen-bond acceptors (Lipinski definition) is 4. The second-order valence-corrected chi connectivity index (χ2v) is 3.45. The van der Waals surface area contributed by atoms with Gasteiger partial charge >= 0.3 is 0 Å². The van der Waals surface area contributed by atoms with Crippen molar-refractivity contribution >= 4 is 17.3 Å². The van der Waals surface area contributed by atoms with E-state index in [1.807, 2.05) is 13.8 Å². The van der Waals surface area contributed by atoms with E-state index in [2.05, 4.69) is 9.59 Å². The van der Waals surface area contributed by atoms with Crippen LogP contribution in [0, 0.1) is 0 Å². The van der Waals surface area contributed by atoms with E-state index in [0.29, 0.717) is 4.88 Å². The lowest BCUT2D eigenvalue weighted by Gasteiger charge is -1.98. The molecule has 0 saturated heterocycles. The van der Waals surface area contributed by atoms with Gasteiger partial charge < -0.3 is 0 Å². The first-order valence-electron chi connectivity index (χ1n) is 3.46. The Kier molecular flexibility index (Phi) is 2.34. The highest BCUT2D eigenvalue weighted by molar-refractivity contribution is 7.08. The molecule has 4 heteroatoms. The molecule has 0 radical (unpaired) electrons. The Balaban J connectivity index is 3.06. The van der Waals surface area contributed by atoms with Gasteiger partial charge in [-0.15, -0.1) is 5.10 Å². The van der Waals surface area contributed by atoms with Gasteiger partial charge in [0.25, 0.3) is 0 Å². The second kappa shape index (κ2) is 3.09. The molecular formula is C7H10N2OS. The summed E-state index contributed by atoms with van der Waals surface area (Å²) >= 11 is 1.18. The molecular weight excluding hydrogens is 160 g/mol. The highest BCUT2D eigenvalue weighted by atomic mass is 32.1. The third kappa shape index (κ3) is 1.63. The number of carbonyl (C=O) groups is 1. The highest BCUT2D eigenvalue weighted by Crippen LogP contribution is 2.19. The molecule has 0 fully saturated rings. The van der Waals surface area contributed by atoms with E-state index in [1.165, 1.54) is 11.5 Å². The molecule has 0 saturated carbocycles. The topological polar surface area (TPSA) is 42.9 Å². The first-order valence-corrected chi connectivity index (χ1v) is 4.23. The average Bonchev–Trinajstić information content (AvgIpc) is 2.32. The maximum Gasteiger partial charge on any atom is 0.173 e. The molecule has 0 unspecified atom stereocenters. The molecule has 1 rings (SSSR count). The van der Waals surface area contributed by atoms with E-state index < -0.39 is 0 Å². The molecule has 0 aromatic carbocycles. The van der Waals surface area contributed by atoms with Gasteiger partial charge in [0.05, 0.1) is 5.69 Å². The van der Waals surface area contributed by atoms with Gasteiger partial charge in [-0.3, -0.25) is 4.79 Å². The molecule has 3 nitrogen and oxygen atoms in total. The Morgan fingerprint density at radius 3 is 2.55 bits per heavy atom. The second-order valence-electron chi connectivity index (χ2n) is 2.70. The first kappa shape index (κ1) is 8.33. The third-order valence-electron chi connectivity index (χ3n) is 1.38. The number of carbonyl (C=O) groups excluding carboxylic acids is 1. The summed E-state index contributed by atoms with van der Waals surface area (Å²) in [5, 5.41) is 3.88. The standard InChI is InChI=1S/C7H10N2OS/c1-4(2)6-7(5(3)10)11-9-8-6/h4H,1-3H3. The van der Waals surface area contributed by atoms with Gasteiger partial charge in [0.2, 0.25) is 0 Å². The predicted molar refractivity (Wildman–Crippen MR) is 44.0 cm³/mol. The first-order chi connectivity index (χ1) is 5.13. The van der Waals surface area contributed by atoms with Gasteiger partial charge in [0.15, 0.2) is 5.78 Å². The smallest absolute Gasteiger partial charge is 0.173 e. The van der Waals surface area contributed by atoms with Crippen molar-refractivity contribution in [1.82, 2.24) is 9.59 Å². The molecule has 60 valence electrons. The predicted octanol–water partition coefficient (Wildman–Crippen LogP) is 1.86. The maximum atomic E-state index is 11.0. The van der Waals surface area contributed by atoms with Gasteiger partial charge in [0, 0.05) is 6.92 Å². The SMILES string of the molecule is CC(=O)c1snnc1C(C)C. The summed E-state index contributed by atoms with van der Waals surface area (Å²) in [7, 11) is 0. The molecule has 1 aromatic heterocycles. The van der Waals surface area contributed by atoms with E-state index in [-0.39, 0.29) is 11.7 Å². The minimum absolute atomic E-state index is 0.0590. The summed E-state index contributed by atoms with van der Waals surface area (Å²) in [5.74, 6) is 0.344. The Hall–Kier alpha value is -0.770. The fourth-order valence-corrected chi connectivity index (χ4v) is 1.53. The Labute approximate surface area is 69.6 Å². The lowest BCUT2D eigenvalue weighted by Crippen LogP contribution is -1.97. The van der Waals surface area contributed by atoms with Crippen LogP contribution >= 0.6 is 11.5 Å². The largest absolute Gasteiger partial charge is 0.293 e. The van der Waals surface area contributed by atoms with Crippen LogP contribution in [0.25, 0.3) is 0 Å². The molecule has 0 aliphatic rings. The van der Waals surface area contributed by atoms with Crippen LogP contribution in [0.15, 0.2) is 0 Å². The van der Waals surface area contributed by atoms with E-state index in [0.717, 1.165) is 5.69 Å². The van der Waals surface area contributed by atoms with Gasteiger partial charge in [-0.05, 0) is 17.5 Å². The van der Waals surface area contributed by atoms with Crippen LogP contribution in [0.3, 0.4) is 0 Å². The number of Topliss-reactive ketones (excluding diaryl/α,β-unsaturated/α-hetero) is 1. The Bertz CT molecular complexity index is 267. The van der Waals surface area contributed by atoms with E-state index in [4.69, 9.17) is 0 Å². The zero-order chi connectivity index (χ0) is 8.43. The lowest BCUT2D eigenvalue weighted by molar-refractivity contribution is 0.102. The number of nitrogens with zero attached hydrogens (tertiary/aromatic N) is 2. The van der Waals surface area contributed by atoms with Gasteiger partial charge in [-0.1, -0.05) is 18.3 Å². The maximum absolute atomic E-state index is 11.0. The molecule has 0 aliphatic heterocycles. The van der Waals surface area contributed by atoms with Crippen LogP contribution in [-0.2, 0) is 0 Å². The third-order valence-corrected chi connectivity index (χ3v) is 2.22. The highest BCUT2D eigenvalue weighted by Gasteiger charge is 2.14. The van der Waals surface area contributed by atoms with Crippen LogP contribution in [0.4, 0.5) is 0 Å². The van der Waals surface area contributed by atoms with Crippen LogP contribution < -0.4 is 0 Å². The average molecular weight is 170 g/mol. The van der Waals surface area contributed by atoms with Gasteiger partial charge in [-0.2, -0.15) is 0 Å². The fraction of sp³-hybridized carbons (Fsp3) is 0.571. The number of rotatable bonds is 2. The van der Waals surface area contributed by atoms with Crippen molar-refractivity contribution < 1.29 is 4.79 Å². The quantitative estimate of drug-likeness (QED) is 0.636. The Morgan fingerprint density at radius 1 is 1.55 bits per heavy atom. The fourth-order valence-electron chi connectivity index (χ4n) is 0.820. The lowest BCUT2D eigenvalue weighted by atomic mass is 10.1. The monoisotopic (exact) mass is 170 g/mol. The van der Waals surface area contributed by atoms with Crippen molar-refractivity contribution in [2.24, 2.45) is 0 Å². The van der Waals surface area contributed by atoms with Crippen molar-refractivity contribution in [1.29, 1.82) is 0 Å². The minimum Gasteiger partial charge on any atom is -0.293 e. The Morgan fingerprint density at radius 2 is 2.18 bits per heavy atom. The molecule has 0 aliphatic carbocycles. The number of ketones is 1. The van der Waals surface area contributed by atoms with Crippen LogP contribution in [0.2, 0.25) is 0 Å². The van der Waals surface area contributed by atoms with Crippen LogP contribution in [0.1, 0.15) is 42.1 Å². The van der Waals surface area contributed by atoms with E-state index in [1.54, 1.807) is 6.92 Å². The summed E-state index contributed by atoms with van der Waals surface area (Å²) in [5.41, 5.74) is 0.822. The van der Waals surface area contributed by atoms with Crippen LogP contribution in [-0.4, -0.2) is 15.4 Å². The number of aromatic nitrogens is 2. The number of hydrogen-bond donors (Lipinski definition) is 0. The van der Waals surface area contributed by atoms with E-state index in [9.17, 15) is 4.79 Å². The van der Waals surface area contributed by atoms with Crippen molar-refractivity contribution in [2.45, 2.75) is 26.7 Å².